The highest BCUT2D eigenvalue weighted by Gasteiger charge is 2.07. The third-order valence-electron chi connectivity index (χ3n) is 2.74. The molecular formula is C13H12N4S. The maximum Gasteiger partial charge on any atom is 0.200 e. The molecule has 0 saturated heterocycles. The van der Waals surface area contributed by atoms with Gasteiger partial charge in [0.1, 0.15) is 0 Å². The lowest BCUT2D eigenvalue weighted by Crippen LogP contribution is -1.90. The van der Waals surface area contributed by atoms with Gasteiger partial charge in [-0.2, -0.15) is 0 Å². The summed E-state index contributed by atoms with van der Waals surface area (Å²) in [6.45, 7) is 2.00. The van der Waals surface area contributed by atoms with Gasteiger partial charge >= 0.3 is 0 Å². The number of anilines is 1. The van der Waals surface area contributed by atoms with Gasteiger partial charge in [0.25, 0.3) is 0 Å². The summed E-state index contributed by atoms with van der Waals surface area (Å²) in [4.78, 5) is 1.07. The second-order valence-corrected chi connectivity index (χ2v) is 5.07. The van der Waals surface area contributed by atoms with Crippen LogP contribution < -0.4 is 5.73 Å². The maximum atomic E-state index is 5.91. The highest BCUT2D eigenvalue weighted by Crippen LogP contribution is 2.28. The maximum absolute atomic E-state index is 5.91. The smallest absolute Gasteiger partial charge is 0.200 e. The lowest BCUT2D eigenvalue weighted by Gasteiger charge is -2.03. The first-order chi connectivity index (χ1) is 8.74. The number of nitrogen functional groups attached to an aromatic ring is 1. The minimum atomic E-state index is 0.800. The van der Waals surface area contributed by atoms with Crippen molar-refractivity contribution in [2.75, 3.05) is 5.73 Å². The minimum absolute atomic E-state index is 0.800. The van der Waals surface area contributed by atoms with E-state index in [1.165, 1.54) is 0 Å². The number of aryl methyl sites for hydroxylation is 1. The molecular weight excluding hydrogens is 244 g/mol. The van der Waals surface area contributed by atoms with Gasteiger partial charge in [-0.3, -0.25) is 4.40 Å². The molecule has 2 aromatic heterocycles. The molecule has 90 valence electrons. The van der Waals surface area contributed by atoms with E-state index in [-0.39, 0.29) is 0 Å². The van der Waals surface area contributed by atoms with E-state index < -0.39 is 0 Å². The summed E-state index contributed by atoms with van der Waals surface area (Å²) >= 11 is 1.56. The Kier molecular flexibility index (Phi) is 2.68. The summed E-state index contributed by atoms with van der Waals surface area (Å²) in [6, 6.07) is 11.9. The Morgan fingerprint density at radius 2 is 2.06 bits per heavy atom. The van der Waals surface area contributed by atoms with E-state index in [2.05, 4.69) is 10.2 Å². The summed E-state index contributed by atoms with van der Waals surface area (Å²) in [7, 11) is 0. The van der Waals surface area contributed by atoms with Crippen LogP contribution in [0.15, 0.2) is 52.6 Å². The van der Waals surface area contributed by atoms with Crippen LogP contribution in [0.1, 0.15) is 5.56 Å². The molecule has 0 aliphatic carbocycles. The fraction of sp³-hybridized carbons (Fsp3) is 0.0769. The number of nitrogens with zero attached hydrogens (tertiary/aromatic N) is 3. The highest BCUT2D eigenvalue weighted by atomic mass is 32.2. The SMILES string of the molecule is Cc1ccc(Sc2nnc3ccccn23)cc1N. The number of nitrogens with two attached hydrogens (primary N) is 1. The zero-order valence-electron chi connectivity index (χ0n) is 9.87. The molecule has 2 N–H and O–H groups in total. The molecule has 0 unspecified atom stereocenters. The standard InChI is InChI=1S/C13H12N4S/c1-9-5-6-10(8-11(9)14)18-13-16-15-12-4-2-3-7-17(12)13/h2-8H,14H2,1H3. The van der Waals surface area contributed by atoms with Crippen LogP contribution in [0.3, 0.4) is 0 Å². The Labute approximate surface area is 109 Å². The fourth-order valence-electron chi connectivity index (χ4n) is 1.68. The van der Waals surface area contributed by atoms with Crippen LogP contribution in [0.5, 0.6) is 0 Å². The molecule has 1 aromatic carbocycles. The molecule has 18 heavy (non-hydrogen) atoms. The van der Waals surface area contributed by atoms with E-state index in [0.717, 1.165) is 26.9 Å². The molecule has 0 aliphatic heterocycles. The molecule has 0 aliphatic rings. The van der Waals surface area contributed by atoms with E-state index in [4.69, 9.17) is 5.73 Å². The van der Waals surface area contributed by atoms with Gasteiger partial charge in [-0.1, -0.05) is 12.1 Å². The molecule has 0 spiro atoms. The van der Waals surface area contributed by atoms with Crippen LogP contribution in [-0.2, 0) is 0 Å². The van der Waals surface area contributed by atoms with Crippen molar-refractivity contribution in [3.05, 3.63) is 48.2 Å². The Morgan fingerprint density at radius 3 is 2.89 bits per heavy atom. The van der Waals surface area contributed by atoms with E-state index in [0.29, 0.717) is 0 Å². The van der Waals surface area contributed by atoms with Crippen LogP contribution in [0, 0.1) is 6.92 Å². The van der Waals surface area contributed by atoms with E-state index in [1.54, 1.807) is 11.8 Å². The third kappa shape index (κ3) is 1.93. The van der Waals surface area contributed by atoms with Gasteiger partial charge in [0.2, 0.25) is 0 Å². The van der Waals surface area contributed by atoms with Gasteiger partial charge in [-0.25, -0.2) is 0 Å². The number of benzene rings is 1. The number of fused-ring (bicyclic) bond motifs is 1. The van der Waals surface area contributed by atoms with Gasteiger partial charge in [-0.15, -0.1) is 10.2 Å². The topological polar surface area (TPSA) is 56.2 Å². The molecule has 3 rings (SSSR count). The Morgan fingerprint density at radius 1 is 1.17 bits per heavy atom. The molecule has 0 amide bonds. The van der Waals surface area contributed by atoms with E-state index in [1.807, 2.05) is 53.9 Å². The first kappa shape index (κ1) is 11.1. The van der Waals surface area contributed by atoms with Crippen molar-refractivity contribution in [3.8, 4) is 0 Å². The number of aromatic nitrogens is 3. The quantitative estimate of drug-likeness (QED) is 0.716. The van der Waals surface area contributed by atoms with Gasteiger partial charge in [-0.05, 0) is 48.5 Å². The molecule has 0 radical (unpaired) electrons. The van der Waals surface area contributed by atoms with Gasteiger partial charge in [0, 0.05) is 16.8 Å². The minimum Gasteiger partial charge on any atom is -0.398 e. The second kappa shape index (κ2) is 4.34. The molecule has 4 nitrogen and oxygen atoms in total. The predicted molar refractivity (Wildman–Crippen MR) is 72.7 cm³/mol. The van der Waals surface area contributed by atoms with Crippen molar-refractivity contribution >= 4 is 23.1 Å². The zero-order valence-corrected chi connectivity index (χ0v) is 10.7. The van der Waals surface area contributed by atoms with Crippen LogP contribution in [0.2, 0.25) is 0 Å². The molecule has 5 heteroatoms. The summed E-state index contributed by atoms with van der Waals surface area (Å²) in [5.74, 6) is 0. The summed E-state index contributed by atoms with van der Waals surface area (Å²) < 4.78 is 1.96. The summed E-state index contributed by atoms with van der Waals surface area (Å²) in [5.41, 5.74) is 8.64. The number of hydrogen-bond acceptors (Lipinski definition) is 4. The Balaban J connectivity index is 1.98. The van der Waals surface area contributed by atoms with Gasteiger partial charge < -0.3 is 5.73 Å². The predicted octanol–water partition coefficient (Wildman–Crippen LogP) is 2.77. The van der Waals surface area contributed by atoms with Crippen LogP contribution in [-0.4, -0.2) is 14.6 Å². The van der Waals surface area contributed by atoms with Crippen molar-refractivity contribution in [1.82, 2.24) is 14.6 Å². The Bertz CT molecular complexity index is 705. The molecule has 0 atom stereocenters. The lowest BCUT2D eigenvalue weighted by molar-refractivity contribution is 0.921. The van der Waals surface area contributed by atoms with Crippen molar-refractivity contribution in [3.63, 3.8) is 0 Å². The van der Waals surface area contributed by atoms with Crippen LogP contribution in [0.25, 0.3) is 5.65 Å². The number of hydrogen-bond donors (Lipinski definition) is 1. The molecule has 3 aromatic rings. The average molecular weight is 256 g/mol. The molecule has 0 bridgehead atoms. The first-order valence-corrected chi connectivity index (χ1v) is 6.39. The lowest BCUT2D eigenvalue weighted by atomic mass is 10.2. The van der Waals surface area contributed by atoms with Gasteiger partial charge in [0.15, 0.2) is 10.8 Å². The normalized spacial score (nSPS) is 10.9. The number of pyridine rings is 1. The summed E-state index contributed by atoms with van der Waals surface area (Å²) in [6.07, 6.45) is 1.95. The molecule has 0 saturated carbocycles. The van der Waals surface area contributed by atoms with Crippen molar-refractivity contribution in [2.45, 2.75) is 17.0 Å². The van der Waals surface area contributed by atoms with Crippen molar-refractivity contribution < 1.29 is 0 Å². The molecule has 0 fully saturated rings. The fourth-order valence-corrected chi connectivity index (χ4v) is 2.54. The monoisotopic (exact) mass is 256 g/mol. The number of rotatable bonds is 2. The Hall–Kier alpha value is -2.01. The van der Waals surface area contributed by atoms with E-state index in [9.17, 15) is 0 Å². The van der Waals surface area contributed by atoms with Crippen molar-refractivity contribution in [2.24, 2.45) is 0 Å². The largest absolute Gasteiger partial charge is 0.398 e. The van der Waals surface area contributed by atoms with Crippen LogP contribution >= 0.6 is 11.8 Å². The van der Waals surface area contributed by atoms with Crippen molar-refractivity contribution in [1.29, 1.82) is 0 Å². The first-order valence-electron chi connectivity index (χ1n) is 5.58. The third-order valence-corrected chi connectivity index (χ3v) is 3.69. The average Bonchev–Trinajstić information content (AvgIpc) is 2.78. The van der Waals surface area contributed by atoms with E-state index >= 15 is 0 Å². The highest BCUT2D eigenvalue weighted by molar-refractivity contribution is 7.99. The summed E-state index contributed by atoms with van der Waals surface area (Å²) in [5, 5.41) is 9.14. The second-order valence-electron chi connectivity index (χ2n) is 4.03. The van der Waals surface area contributed by atoms with Crippen LogP contribution in [0.4, 0.5) is 5.69 Å². The molecule has 2 heterocycles. The van der Waals surface area contributed by atoms with Gasteiger partial charge in [0.05, 0.1) is 0 Å². The zero-order chi connectivity index (χ0) is 12.5.